The van der Waals surface area contributed by atoms with E-state index in [0.717, 1.165) is 28.7 Å². The molecule has 0 N–H and O–H groups in total. The number of anilines is 1. The molecule has 31 heavy (non-hydrogen) atoms. The molecular formula is C23H27N3O4S. The molecule has 0 bridgehead atoms. The van der Waals surface area contributed by atoms with Crippen LogP contribution in [0.2, 0.25) is 0 Å². The van der Waals surface area contributed by atoms with Crippen molar-refractivity contribution in [3.8, 4) is 5.75 Å². The molecule has 2 aromatic carbocycles. The van der Waals surface area contributed by atoms with E-state index in [1.165, 1.54) is 18.4 Å². The normalized spacial score (nSPS) is 11.0. The quantitative estimate of drug-likeness (QED) is 0.492. The maximum absolute atomic E-state index is 13.6. The molecule has 164 valence electrons. The van der Waals surface area contributed by atoms with Crippen molar-refractivity contribution < 1.29 is 19.1 Å². The van der Waals surface area contributed by atoms with Crippen molar-refractivity contribution in [2.75, 3.05) is 46.3 Å². The largest absolute Gasteiger partial charge is 0.494 e. The molecule has 1 aromatic heterocycles. The van der Waals surface area contributed by atoms with E-state index in [0.29, 0.717) is 23.0 Å². The van der Waals surface area contributed by atoms with Crippen LogP contribution in [-0.4, -0.2) is 63.2 Å². The van der Waals surface area contributed by atoms with Crippen LogP contribution in [-0.2, 0) is 4.74 Å². The SMILES string of the molecule is COC(=O)c1ccccc1C(=O)N(CCCN(C)C)c1nc2c(OC)ccc(C)c2s1. The van der Waals surface area contributed by atoms with Crippen molar-refractivity contribution in [2.24, 2.45) is 0 Å². The fourth-order valence-corrected chi connectivity index (χ4v) is 4.39. The third kappa shape index (κ3) is 4.86. The molecule has 1 amide bonds. The third-order valence-corrected chi connectivity index (χ3v) is 6.15. The molecule has 0 aliphatic carbocycles. The van der Waals surface area contributed by atoms with Gasteiger partial charge in [-0.1, -0.05) is 29.5 Å². The summed E-state index contributed by atoms with van der Waals surface area (Å²) >= 11 is 1.45. The Bertz CT molecular complexity index is 1090. The fraction of sp³-hybridized carbons (Fsp3) is 0.348. The Morgan fingerprint density at radius 2 is 1.74 bits per heavy atom. The lowest BCUT2D eigenvalue weighted by Crippen LogP contribution is -2.34. The highest BCUT2D eigenvalue weighted by Crippen LogP contribution is 2.37. The molecule has 0 radical (unpaired) electrons. The number of hydrogen-bond donors (Lipinski definition) is 0. The Balaban J connectivity index is 2.07. The van der Waals surface area contributed by atoms with Gasteiger partial charge in [0.05, 0.1) is 30.0 Å². The van der Waals surface area contributed by atoms with Crippen LogP contribution in [0, 0.1) is 6.92 Å². The van der Waals surface area contributed by atoms with Crippen LogP contribution in [0.1, 0.15) is 32.7 Å². The topological polar surface area (TPSA) is 72.0 Å². The molecule has 0 saturated heterocycles. The molecule has 0 atom stereocenters. The van der Waals surface area contributed by atoms with Gasteiger partial charge in [-0.3, -0.25) is 9.69 Å². The van der Waals surface area contributed by atoms with Crippen LogP contribution in [0.4, 0.5) is 5.13 Å². The minimum absolute atomic E-state index is 0.238. The van der Waals surface area contributed by atoms with Crippen molar-refractivity contribution >= 4 is 38.6 Å². The Morgan fingerprint density at radius 3 is 2.39 bits per heavy atom. The van der Waals surface area contributed by atoms with Crippen LogP contribution < -0.4 is 9.64 Å². The lowest BCUT2D eigenvalue weighted by atomic mass is 10.1. The Kier molecular flexibility index (Phi) is 7.25. The first-order valence-corrected chi connectivity index (χ1v) is 10.8. The summed E-state index contributed by atoms with van der Waals surface area (Å²) in [5, 5.41) is 0.575. The van der Waals surface area contributed by atoms with Gasteiger partial charge in [0.15, 0.2) is 5.13 Å². The van der Waals surface area contributed by atoms with Crippen LogP contribution in [0.25, 0.3) is 10.2 Å². The molecule has 0 fully saturated rings. The van der Waals surface area contributed by atoms with Gasteiger partial charge in [0.25, 0.3) is 5.91 Å². The number of thiazole rings is 1. The minimum Gasteiger partial charge on any atom is -0.494 e. The average molecular weight is 442 g/mol. The number of hydrogen-bond acceptors (Lipinski definition) is 7. The second-order valence-electron chi connectivity index (χ2n) is 7.41. The number of methoxy groups -OCH3 is 2. The summed E-state index contributed by atoms with van der Waals surface area (Å²) in [7, 11) is 6.89. The maximum atomic E-state index is 13.6. The maximum Gasteiger partial charge on any atom is 0.338 e. The van der Waals surface area contributed by atoms with E-state index in [9.17, 15) is 9.59 Å². The standard InChI is InChI=1S/C23H27N3O4S/c1-15-11-12-18(29-4)19-20(15)31-23(24-19)26(14-8-13-25(2)3)21(27)16-9-6-7-10-17(16)22(28)30-5/h6-7,9-12H,8,13-14H2,1-5H3. The summed E-state index contributed by atoms with van der Waals surface area (Å²) in [4.78, 5) is 34.3. The van der Waals surface area contributed by atoms with E-state index in [1.807, 2.05) is 33.2 Å². The number of carbonyl (C=O) groups is 2. The molecule has 3 rings (SSSR count). The molecule has 7 nitrogen and oxygen atoms in total. The number of aryl methyl sites for hydroxylation is 1. The summed E-state index contributed by atoms with van der Waals surface area (Å²) < 4.78 is 11.3. The summed E-state index contributed by atoms with van der Waals surface area (Å²) in [6.07, 6.45) is 0.755. The highest BCUT2D eigenvalue weighted by Gasteiger charge is 2.26. The van der Waals surface area contributed by atoms with Gasteiger partial charge in [0.1, 0.15) is 11.3 Å². The fourth-order valence-electron chi connectivity index (χ4n) is 3.31. The zero-order valence-electron chi connectivity index (χ0n) is 18.5. The predicted octanol–water partition coefficient (Wildman–Crippen LogP) is 4.00. The predicted molar refractivity (Wildman–Crippen MR) is 124 cm³/mol. The van der Waals surface area contributed by atoms with Gasteiger partial charge in [-0.05, 0) is 57.7 Å². The number of aromatic nitrogens is 1. The van der Waals surface area contributed by atoms with E-state index < -0.39 is 5.97 Å². The monoisotopic (exact) mass is 441 g/mol. The molecule has 0 saturated carbocycles. The van der Waals surface area contributed by atoms with Gasteiger partial charge >= 0.3 is 5.97 Å². The van der Waals surface area contributed by atoms with E-state index in [4.69, 9.17) is 14.5 Å². The van der Waals surface area contributed by atoms with E-state index in [1.54, 1.807) is 36.3 Å². The first kappa shape index (κ1) is 22.7. The number of esters is 1. The molecule has 0 aliphatic heterocycles. The lowest BCUT2D eigenvalue weighted by Gasteiger charge is -2.22. The summed E-state index contributed by atoms with van der Waals surface area (Å²) in [6, 6.07) is 10.6. The molecule has 8 heteroatoms. The Labute approximate surface area is 186 Å². The smallest absolute Gasteiger partial charge is 0.338 e. The van der Waals surface area contributed by atoms with Gasteiger partial charge in [-0.2, -0.15) is 0 Å². The molecule has 3 aromatic rings. The lowest BCUT2D eigenvalue weighted by molar-refractivity contribution is 0.0597. The van der Waals surface area contributed by atoms with Gasteiger partial charge < -0.3 is 14.4 Å². The van der Waals surface area contributed by atoms with Crippen molar-refractivity contribution in [3.63, 3.8) is 0 Å². The molecular weight excluding hydrogens is 414 g/mol. The number of benzene rings is 2. The van der Waals surface area contributed by atoms with Crippen LogP contribution in [0.15, 0.2) is 36.4 Å². The van der Waals surface area contributed by atoms with Crippen molar-refractivity contribution in [3.05, 3.63) is 53.1 Å². The van der Waals surface area contributed by atoms with Gasteiger partial charge in [0.2, 0.25) is 0 Å². The van der Waals surface area contributed by atoms with Gasteiger partial charge in [-0.15, -0.1) is 0 Å². The first-order valence-electron chi connectivity index (χ1n) is 9.95. The minimum atomic E-state index is -0.543. The highest BCUT2D eigenvalue weighted by molar-refractivity contribution is 7.22. The van der Waals surface area contributed by atoms with E-state index in [-0.39, 0.29) is 11.5 Å². The first-order chi connectivity index (χ1) is 14.9. The van der Waals surface area contributed by atoms with E-state index >= 15 is 0 Å². The van der Waals surface area contributed by atoms with Crippen LogP contribution in [0.5, 0.6) is 5.75 Å². The summed E-state index contributed by atoms with van der Waals surface area (Å²) in [6.45, 7) is 3.29. The number of carbonyl (C=O) groups excluding carboxylic acids is 2. The van der Waals surface area contributed by atoms with Crippen molar-refractivity contribution in [1.82, 2.24) is 9.88 Å². The van der Waals surface area contributed by atoms with E-state index in [2.05, 4.69) is 4.90 Å². The number of amides is 1. The number of ether oxygens (including phenoxy) is 2. The Hall–Kier alpha value is -2.97. The van der Waals surface area contributed by atoms with Crippen molar-refractivity contribution in [2.45, 2.75) is 13.3 Å². The molecule has 0 unspecified atom stereocenters. The zero-order valence-corrected chi connectivity index (χ0v) is 19.3. The Morgan fingerprint density at radius 1 is 1.03 bits per heavy atom. The summed E-state index contributed by atoms with van der Waals surface area (Å²) in [5.74, 6) is -0.159. The average Bonchev–Trinajstić information content (AvgIpc) is 3.22. The van der Waals surface area contributed by atoms with Crippen LogP contribution in [0.3, 0.4) is 0 Å². The van der Waals surface area contributed by atoms with Gasteiger partial charge in [0, 0.05) is 6.54 Å². The van der Waals surface area contributed by atoms with Gasteiger partial charge in [-0.25, -0.2) is 9.78 Å². The second kappa shape index (κ2) is 9.89. The summed E-state index contributed by atoms with van der Waals surface area (Å²) in [5.41, 5.74) is 2.33. The van der Waals surface area contributed by atoms with Crippen molar-refractivity contribution in [1.29, 1.82) is 0 Å². The van der Waals surface area contributed by atoms with Crippen LogP contribution >= 0.6 is 11.3 Å². The highest BCUT2D eigenvalue weighted by atomic mass is 32.1. The second-order valence-corrected chi connectivity index (χ2v) is 8.39. The zero-order chi connectivity index (χ0) is 22.5. The molecule has 1 heterocycles. The molecule has 0 spiro atoms. The molecule has 0 aliphatic rings. The number of nitrogens with zero attached hydrogens (tertiary/aromatic N) is 3. The number of rotatable bonds is 8. The third-order valence-electron chi connectivity index (χ3n) is 4.94. The number of fused-ring (bicyclic) bond motifs is 1.